The Morgan fingerprint density at radius 3 is 2.50 bits per heavy atom. The number of hydrogen-bond acceptors (Lipinski definition) is 5. The standard InChI is InChI=1S/C18H22N4O4/c1-3-21(4-2)12-14-8-6-5-7-13(14)10-19-17(23)16-9-15(22(25)26)11-20-18(16)24/h5-9,11H,3-4,10,12H2,1-2H3,(H,19,23)(H,20,24). The predicted octanol–water partition coefficient (Wildman–Crippen LogP) is 2.05. The van der Waals surface area contributed by atoms with E-state index in [-0.39, 0.29) is 17.8 Å². The average molecular weight is 358 g/mol. The molecule has 0 radical (unpaired) electrons. The summed E-state index contributed by atoms with van der Waals surface area (Å²) in [5.41, 5.74) is 0.751. The fourth-order valence-corrected chi connectivity index (χ4v) is 2.59. The van der Waals surface area contributed by atoms with Gasteiger partial charge in [0.25, 0.3) is 17.2 Å². The zero-order valence-corrected chi connectivity index (χ0v) is 14.8. The van der Waals surface area contributed by atoms with E-state index in [1.54, 1.807) is 0 Å². The van der Waals surface area contributed by atoms with Crippen LogP contribution in [0.25, 0.3) is 0 Å². The van der Waals surface area contributed by atoms with E-state index in [0.717, 1.165) is 43.0 Å². The lowest BCUT2D eigenvalue weighted by Crippen LogP contribution is -2.30. The van der Waals surface area contributed by atoms with Gasteiger partial charge in [0, 0.05) is 19.2 Å². The molecule has 0 atom stereocenters. The molecule has 0 fully saturated rings. The van der Waals surface area contributed by atoms with Gasteiger partial charge in [0.05, 0.1) is 11.1 Å². The number of benzene rings is 1. The molecule has 2 N–H and O–H groups in total. The Balaban J connectivity index is 2.14. The van der Waals surface area contributed by atoms with Crippen LogP contribution in [0.2, 0.25) is 0 Å². The first kappa shape index (κ1) is 19.3. The summed E-state index contributed by atoms with van der Waals surface area (Å²) in [5, 5.41) is 13.5. The quantitative estimate of drug-likeness (QED) is 0.555. The van der Waals surface area contributed by atoms with Crippen LogP contribution in [0.15, 0.2) is 41.3 Å². The molecule has 2 aromatic rings. The number of aromatic amines is 1. The van der Waals surface area contributed by atoms with Crippen molar-refractivity contribution in [1.82, 2.24) is 15.2 Å². The van der Waals surface area contributed by atoms with Crippen LogP contribution >= 0.6 is 0 Å². The third kappa shape index (κ3) is 4.76. The van der Waals surface area contributed by atoms with Crippen LogP contribution in [0.5, 0.6) is 0 Å². The van der Waals surface area contributed by atoms with Crippen molar-refractivity contribution in [2.45, 2.75) is 26.9 Å². The molecule has 0 saturated heterocycles. The number of nitro groups is 1. The number of nitrogens with one attached hydrogen (secondary N) is 2. The zero-order valence-electron chi connectivity index (χ0n) is 14.8. The van der Waals surface area contributed by atoms with Gasteiger partial charge < -0.3 is 10.3 Å². The minimum Gasteiger partial charge on any atom is -0.348 e. The van der Waals surface area contributed by atoms with E-state index in [0.29, 0.717) is 0 Å². The minimum atomic E-state index is -0.662. The molecule has 1 amide bonds. The zero-order chi connectivity index (χ0) is 19.1. The molecule has 2 rings (SSSR count). The Morgan fingerprint density at radius 1 is 1.23 bits per heavy atom. The molecule has 1 heterocycles. The van der Waals surface area contributed by atoms with Crippen LogP contribution in [-0.4, -0.2) is 33.8 Å². The van der Waals surface area contributed by atoms with Crippen LogP contribution in [0.3, 0.4) is 0 Å². The van der Waals surface area contributed by atoms with Crippen LogP contribution in [0.4, 0.5) is 5.69 Å². The molecule has 0 aliphatic carbocycles. The van der Waals surface area contributed by atoms with Gasteiger partial charge in [0.15, 0.2) is 0 Å². The highest BCUT2D eigenvalue weighted by Crippen LogP contribution is 2.12. The lowest BCUT2D eigenvalue weighted by Gasteiger charge is -2.20. The Labute approximate surface area is 151 Å². The van der Waals surface area contributed by atoms with Crippen LogP contribution in [-0.2, 0) is 13.1 Å². The van der Waals surface area contributed by atoms with Gasteiger partial charge in [-0.15, -0.1) is 0 Å². The van der Waals surface area contributed by atoms with E-state index in [1.165, 1.54) is 0 Å². The predicted molar refractivity (Wildman–Crippen MR) is 98.0 cm³/mol. The molecular weight excluding hydrogens is 336 g/mol. The molecule has 1 aromatic carbocycles. The average Bonchev–Trinajstić information content (AvgIpc) is 2.65. The second kappa shape index (κ2) is 8.91. The van der Waals surface area contributed by atoms with E-state index in [1.807, 2.05) is 24.3 Å². The van der Waals surface area contributed by atoms with Gasteiger partial charge in [0.1, 0.15) is 5.56 Å². The number of H-pyrrole nitrogens is 1. The van der Waals surface area contributed by atoms with Crippen molar-refractivity contribution < 1.29 is 9.72 Å². The first-order chi connectivity index (χ1) is 12.5. The Kier molecular flexibility index (Phi) is 6.62. The maximum absolute atomic E-state index is 12.3. The third-order valence-electron chi connectivity index (χ3n) is 4.19. The highest BCUT2D eigenvalue weighted by Gasteiger charge is 2.16. The highest BCUT2D eigenvalue weighted by atomic mass is 16.6. The second-order valence-corrected chi connectivity index (χ2v) is 5.77. The second-order valence-electron chi connectivity index (χ2n) is 5.77. The van der Waals surface area contributed by atoms with Crippen molar-refractivity contribution in [2.24, 2.45) is 0 Å². The normalized spacial score (nSPS) is 10.7. The minimum absolute atomic E-state index is 0.235. The molecule has 0 aliphatic heterocycles. The number of pyridine rings is 1. The fraction of sp³-hybridized carbons (Fsp3) is 0.333. The van der Waals surface area contributed by atoms with E-state index in [4.69, 9.17) is 0 Å². The summed E-state index contributed by atoms with van der Waals surface area (Å²) in [6, 6.07) is 8.72. The highest BCUT2D eigenvalue weighted by molar-refractivity contribution is 5.94. The van der Waals surface area contributed by atoms with Gasteiger partial charge in [-0.1, -0.05) is 38.1 Å². The molecule has 8 heteroatoms. The van der Waals surface area contributed by atoms with Crippen molar-refractivity contribution >= 4 is 11.6 Å². The summed E-state index contributed by atoms with van der Waals surface area (Å²) in [6.07, 6.45) is 0.971. The number of hydrogen-bond donors (Lipinski definition) is 2. The largest absolute Gasteiger partial charge is 0.348 e. The van der Waals surface area contributed by atoms with E-state index in [9.17, 15) is 19.7 Å². The smallest absolute Gasteiger partial charge is 0.286 e. The number of nitrogens with zero attached hydrogens (tertiary/aromatic N) is 2. The van der Waals surface area contributed by atoms with E-state index >= 15 is 0 Å². The first-order valence-electron chi connectivity index (χ1n) is 8.40. The van der Waals surface area contributed by atoms with Gasteiger partial charge in [-0.3, -0.25) is 24.6 Å². The number of rotatable bonds is 8. The van der Waals surface area contributed by atoms with Crippen molar-refractivity contribution in [3.05, 3.63) is 73.7 Å². The van der Waals surface area contributed by atoms with Crippen LogP contribution < -0.4 is 10.9 Å². The first-order valence-corrected chi connectivity index (χ1v) is 8.40. The van der Waals surface area contributed by atoms with Gasteiger partial charge in [-0.2, -0.15) is 0 Å². The van der Waals surface area contributed by atoms with Gasteiger partial charge >= 0.3 is 0 Å². The molecule has 0 aliphatic rings. The summed E-state index contributed by atoms with van der Waals surface area (Å²) in [7, 11) is 0. The van der Waals surface area contributed by atoms with Gasteiger partial charge in [-0.25, -0.2) is 0 Å². The lowest BCUT2D eigenvalue weighted by atomic mass is 10.1. The third-order valence-corrected chi connectivity index (χ3v) is 4.19. The molecule has 0 saturated carbocycles. The Hall–Kier alpha value is -3.00. The van der Waals surface area contributed by atoms with Crippen LogP contribution in [0.1, 0.15) is 35.3 Å². The van der Waals surface area contributed by atoms with E-state index in [2.05, 4.69) is 29.0 Å². The lowest BCUT2D eigenvalue weighted by molar-refractivity contribution is -0.385. The maximum atomic E-state index is 12.3. The van der Waals surface area contributed by atoms with Crippen molar-refractivity contribution in [2.75, 3.05) is 13.1 Å². The Morgan fingerprint density at radius 2 is 1.88 bits per heavy atom. The summed E-state index contributed by atoms with van der Waals surface area (Å²) in [6.45, 7) is 7.00. The molecule has 8 nitrogen and oxygen atoms in total. The summed E-state index contributed by atoms with van der Waals surface area (Å²) in [4.78, 5) is 38.7. The molecular formula is C18H22N4O4. The number of amides is 1. The summed E-state index contributed by atoms with van der Waals surface area (Å²) < 4.78 is 0. The topological polar surface area (TPSA) is 108 Å². The molecule has 1 aromatic heterocycles. The molecule has 0 unspecified atom stereocenters. The SMILES string of the molecule is CCN(CC)Cc1ccccc1CNC(=O)c1cc([N+](=O)[O-])c[nH]c1=O. The van der Waals surface area contributed by atoms with Crippen molar-refractivity contribution in [3.8, 4) is 0 Å². The monoisotopic (exact) mass is 358 g/mol. The molecule has 138 valence electrons. The van der Waals surface area contributed by atoms with Crippen LogP contribution in [0, 0.1) is 10.1 Å². The van der Waals surface area contributed by atoms with E-state index < -0.39 is 16.4 Å². The fourth-order valence-electron chi connectivity index (χ4n) is 2.59. The van der Waals surface area contributed by atoms with Crippen molar-refractivity contribution in [1.29, 1.82) is 0 Å². The number of carbonyl (C=O) groups is 1. The number of aromatic nitrogens is 1. The molecule has 26 heavy (non-hydrogen) atoms. The summed E-state index contributed by atoms with van der Waals surface area (Å²) in [5.74, 6) is -0.646. The van der Waals surface area contributed by atoms with Gasteiger partial charge in [0.2, 0.25) is 0 Å². The molecule has 0 bridgehead atoms. The maximum Gasteiger partial charge on any atom is 0.286 e. The van der Waals surface area contributed by atoms with Crippen molar-refractivity contribution in [3.63, 3.8) is 0 Å². The number of carbonyl (C=O) groups excluding carboxylic acids is 1. The summed E-state index contributed by atoms with van der Waals surface area (Å²) >= 11 is 0. The van der Waals surface area contributed by atoms with Gasteiger partial charge in [-0.05, 0) is 24.2 Å². The Bertz CT molecular complexity index is 843. The molecule has 0 spiro atoms.